The maximum atomic E-state index is 4.36. The van der Waals surface area contributed by atoms with E-state index in [4.69, 9.17) is 0 Å². The molecule has 0 radical (unpaired) electrons. The van der Waals surface area contributed by atoms with Gasteiger partial charge in [-0.2, -0.15) is 0 Å². The Hall–Kier alpha value is -0.263. The standard InChI is InChI=1S/C2H2N2O.Li.H/c1-3-4-2-5-1;;/h1-2H;;/q;+1;-1. The van der Waals surface area contributed by atoms with E-state index in [-0.39, 0.29) is 20.3 Å². The van der Waals surface area contributed by atoms with Crippen LogP contribution < -0.4 is 18.9 Å². The van der Waals surface area contributed by atoms with Crippen molar-refractivity contribution in [3.05, 3.63) is 12.8 Å². The van der Waals surface area contributed by atoms with Crippen LogP contribution in [0.15, 0.2) is 17.2 Å². The zero-order valence-electron chi connectivity index (χ0n) is 4.46. The molecule has 3 nitrogen and oxygen atoms in total. The van der Waals surface area contributed by atoms with Gasteiger partial charge in [0, 0.05) is 0 Å². The monoisotopic (exact) mass is 78.0 g/mol. The van der Waals surface area contributed by atoms with Gasteiger partial charge in [-0.05, 0) is 0 Å². The second kappa shape index (κ2) is 2.95. The third-order valence-corrected chi connectivity index (χ3v) is 0.283. The second-order valence-corrected chi connectivity index (χ2v) is 0.578. The van der Waals surface area contributed by atoms with Crippen molar-refractivity contribution < 1.29 is 24.7 Å². The van der Waals surface area contributed by atoms with Crippen LogP contribution in [0.3, 0.4) is 0 Å². The third-order valence-electron chi connectivity index (χ3n) is 0.283. The van der Waals surface area contributed by atoms with Gasteiger partial charge in [0.1, 0.15) is 0 Å². The molecule has 0 saturated carbocycles. The summed E-state index contributed by atoms with van der Waals surface area (Å²) in [5.74, 6) is 0. The third kappa shape index (κ3) is 1.25. The molecule has 1 rings (SSSR count). The zero-order valence-corrected chi connectivity index (χ0v) is 3.46. The Morgan fingerprint density at radius 2 is 1.83 bits per heavy atom. The van der Waals surface area contributed by atoms with Crippen molar-refractivity contribution in [1.82, 2.24) is 10.2 Å². The van der Waals surface area contributed by atoms with E-state index < -0.39 is 0 Å². The molecular weight excluding hydrogens is 75.0 g/mol. The van der Waals surface area contributed by atoms with E-state index in [9.17, 15) is 0 Å². The van der Waals surface area contributed by atoms with Gasteiger partial charge >= 0.3 is 18.9 Å². The molecule has 0 aliphatic rings. The Morgan fingerprint density at radius 1 is 1.33 bits per heavy atom. The van der Waals surface area contributed by atoms with Crippen molar-refractivity contribution in [3.8, 4) is 0 Å². The van der Waals surface area contributed by atoms with E-state index in [0.29, 0.717) is 0 Å². The topological polar surface area (TPSA) is 38.9 Å². The molecule has 1 aromatic heterocycles. The van der Waals surface area contributed by atoms with Crippen LogP contribution in [0.4, 0.5) is 0 Å². The maximum absolute atomic E-state index is 4.36. The van der Waals surface area contributed by atoms with Gasteiger partial charge in [-0.25, -0.2) is 0 Å². The van der Waals surface area contributed by atoms with Crippen molar-refractivity contribution in [2.75, 3.05) is 0 Å². The first-order valence-electron chi connectivity index (χ1n) is 1.19. The SMILES string of the molecule is [H-].[Li+].c1nnco1. The summed E-state index contributed by atoms with van der Waals surface area (Å²) >= 11 is 0. The summed E-state index contributed by atoms with van der Waals surface area (Å²) in [6.07, 6.45) is 2.53. The van der Waals surface area contributed by atoms with Crippen LogP contribution in [0.25, 0.3) is 0 Å². The maximum Gasteiger partial charge on any atom is 1.00 e. The van der Waals surface area contributed by atoms with Crippen LogP contribution in [0.5, 0.6) is 0 Å². The fourth-order valence-corrected chi connectivity index (χ4v) is 0.136. The molecule has 0 saturated heterocycles. The first-order chi connectivity index (χ1) is 2.50. The number of rotatable bonds is 0. The summed E-state index contributed by atoms with van der Waals surface area (Å²) in [5.41, 5.74) is 0. The predicted molar refractivity (Wildman–Crippen MR) is 15.4 cm³/mol. The summed E-state index contributed by atoms with van der Waals surface area (Å²) in [7, 11) is 0. The van der Waals surface area contributed by atoms with Crippen molar-refractivity contribution in [2.45, 2.75) is 0 Å². The Morgan fingerprint density at radius 3 is 2.00 bits per heavy atom. The van der Waals surface area contributed by atoms with Gasteiger partial charge in [0.2, 0.25) is 12.8 Å². The molecular formula is C2H3LiN2O. The van der Waals surface area contributed by atoms with Gasteiger partial charge in [0.25, 0.3) is 0 Å². The molecule has 1 aromatic rings. The largest absolute Gasteiger partial charge is 1.00 e. The molecule has 4 heteroatoms. The van der Waals surface area contributed by atoms with Crippen LogP contribution in [0, 0.1) is 0 Å². The number of nitrogens with zero attached hydrogens (tertiary/aromatic N) is 2. The van der Waals surface area contributed by atoms with E-state index in [1.54, 1.807) is 0 Å². The van der Waals surface area contributed by atoms with E-state index in [0.717, 1.165) is 0 Å². The van der Waals surface area contributed by atoms with Gasteiger partial charge in [0.05, 0.1) is 0 Å². The molecule has 1 heterocycles. The minimum atomic E-state index is 0. The van der Waals surface area contributed by atoms with Crippen molar-refractivity contribution in [2.24, 2.45) is 0 Å². The van der Waals surface area contributed by atoms with Gasteiger partial charge in [-0.1, -0.05) is 0 Å². The molecule has 0 aromatic carbocycles. The van der Waals surface area contributed by atoms with Crippen LogP contribution in [0.1, 0.15) is 1.43 Å². The molecule has 0 spiro atoms. The summed E-state index contributed by atoms with van der Waals surface area (Å²) in [6, 6.07) is 0. The van der Waals surface area contributed by atoms with Crippen molar-refractivity contribution in [3.63, 3.8) is 0 Å². The summed E-state index contributed by atoms with van der Waals surface area (Å²) in [5, 5.41) is 6.61. The molecule has 6 heavy (non-hydrogen) atoms. The fraction of sp³-hybridized carbons (Fsp3) is 0. The van der Waals surface area contributed by atoms with Crippen LogP contribution in [-0.2, 0) is 0 Å². The van der Waals surface area contributed by atoms with Crippen LogP contribution >= 0.6 is 0 Å². The van der Waals surface area contributed by atoms with E-state index in [1.165, 1.54) is 12.8 Å². The molecule has 0 atom stereocenters. The van der Waals surface area contributed by atoms with E-state index >= 15 is 0 Å². The summed E-state index contributed by atoms with van der Waals surface area (Å²) in [4.78, 5) is 0. The van der Waals surface area contributed by atoms with Gasteiger partial charge < -0.3 is 5.84 Å². The zero-order chi connectivity index (χ0) is 3.54. The van der Waals surface area contributed by atoms with Gasteiger partial charge in [0.15, 0.2) is 0 Å². The first-order valence-corrected chi connectivity index (χ1v) is 1.19. The van der Waals surface area contributed by atoms with Crippen molar-refractivity contribution in [1.29, 1.82) is 0 Å². The molecule has 0 fully saturated rings. The number of aromatic nitrogens is 2. The summed E-state index contributed by atoms with van der Waals surface area (Å²) in [6.45, 7) is 0. The minimum Gasteiger partial charge on any atom is -1.00 e. The molecule has 0 amide bonds. The number of hydrogen-bond acceptors (Lipinski definition) is 3. The Labute approximate surface area is 48.4 Å². The van der Waals surface area contributed by atoms with Gasteiger partial charge in [-0.3, -0.25) is 0 Å². The van der Waals surface area contributed by atoms with E-state index in [2.05, 4.69) is 14.6 Å². The average molecular weight is 78.0 g/mol. The predicted octanol–water partition coefficient (Wildman–Crippen LogP) is -2.81. The smallest absolute Gasteiger partial charge is 1.00 e. The minimum absolute atomic E-state index is 0. The fourth-order valence-electron chi connectivity index (χ4n) is 0.136. The van der Waals surface area contributed by atoms with Crippen LogP contribution in [-0.4, -0.2) is 10.2 Å². The Bertz CT molecular complexity index is 72.2. The van der Waals surface area contributed by atoms with Gasteiger partial charge in [-0.15, -0.1) is 10.2 Å². The molecule has 0 bridgehead atoms. The second-order valence-electron chi connectivity index (χ2n) is 0.578. The van der Waals surface area contributed by atoms with E-state index in [1.807, 2.05) is 0 Å². The Kier molecular flexibility index (Phi) is 2.82. The normalized spacial score (nSPS) is 6.67. The molecule has 0 aliphatic carbocycles. The average Bonchev–Trinajstić information content (AvgIpc) is 1.76. The molecule has 0 unspecified atom stereocenters. The summed E-state index contributed by atoms with van der Waals surface area (Å²) < 4.78 is 4.36. The molecule has 28 valence electrons. The Balaban J connectivity index is 0. The van der Waals surface area contributed by atoms with Crippen LogP contribution in [0.2, 0.25) is 0 Å². The first kappa shape index (κ1) is 5.74. The molecule has 0 N–H and O–H groups in total. The number of hydrogen-bond donors (Lipinski definition) is 0. The quantitative estimate of drug-likeness (QED) is 0.314. The molecule has 0 aliphatic heterocycles. The van der Waals surface area contributed by atoms with Crippen molar-refractivity contribution >= 4 is 0 Å².